The largest absolute Gasteiger partial charge is 0.506 e. The molecule has 0 aromatic heterocycles. The molecule has 0 spiro atoms. The smallest absolute Gasteiger partial charge is 0.345 e. The van der Waals surface area contributed by atoms with Gasteiger partial charge in [0.05, 0.1) is 6.61 Å². The van der Waals surface area contributed by atoms with Crippen molar-refractivity contribution < 1.29 is 14.6 Å². The van der Waals surface area contributed by atoms with Crippen LogP contribution in [0.25, 0.3) is 5.76 Å². The first-order chi connectivity index (χ1) is 9.47. The van der Waals surface area contributed by atoms with Crippen molar-refractivity contribution in [2.24, 2.45) is 10.7 Å². The van der Waals surface area contributed by atoms with Crippen LogP contribution in [0.4, 0.5) is 0 Å². The highest BCUT2D eigenvalue weighted by atomic mass is 16.5. The van der Waals surface area contributed by atoms with Gasteiger partial charge in [0.25, 0.3) is 0 Å². The van der Waals surface area contributed by atoms with Crippen LogP contribution in [0.15, 0.2) is 40.9 Å². The first kappa shape index (κ1) is 15.8. The van der Waals surface area contributed by atoms with Crippen LogP contribution in [0, 0.1) is 0 Å². The van der Waals surface area contributed by atoms with Crippen LogP contribution in [-0.2, 0) is 9.53 Å². The normalized spacial score (nSPS) is 13.1. The number of aliphatic hydroxyl groups is 1. The highest BCUT2D eigenvalue weighted by Crippen LogP contribution is 2.17. The Morgan fingerprint density at radius 3 is 2.45 bits per heavy atom. The highest BCUT2D eigenvalue weighted by molar-refractivity contribution is 6.22. The number of amidine groups is 1. The number of rotatable bonds is 5. The number of carbonyl (C=O) groups is 1. The Bertz CT molecular complexity index is 519. The minimum absolute atomic E-state index is 0.0280. The molecular formula is C15H20N2O3. The molecule has 0 saturated heterocycles. The first-order valence-electron chi connectivity index (χ1n) is 6.46. The second-order valence-electron chi connectivity index (χ2n) is 4.42. The van der Waals surface area contributed by atoms with E-state index in [1.54, 1.807) is 31.2 Å². The van der Waals surface area contributed by atoms with Crippen molar-refractivity contribution in [3.05, 3.63) is 41.5 Å². The van der Waals surface area contributed by atoms with E-state index >= 15 is 0 Å². The van der Waals surface area contributed by atoms with E-state index in [1.807, 2.05) is 19.9 Å². The lowest BCUT2D eigenvalue weighted by atomic mass is 10.1. The molecule has 3 N–H and O–H groups in total. The molecule has 20 heavy (non-hydrogen) atoms. The van der Waals surface area contributed by atoms with Gasteiger partial charge in [-0.3, -0.25) is 4.99 Å². The van der Waals surface area contributed by atoms with Gasteiger partial charge < -0.3 is 15.6 Å². The van der Waals surface area contributed by atoms with Crippen LogP contribution in [0.3, 0.4) is 0 Å². The Hall–Kier alpha value is -2.30. The van der Waals surface area contributed by atoms with Crippen molar-refractivity contribution in [2.75, 3.05) is 6.61 Å². The van der Waals surface area contributed by atoms with Crippen molar-refractivity contribution in [3.8, 4) is 0 Å². The van der Waals surface area contributed by atoms with E-state index in [0.29, 0.717) is 5.56 Å². The van der Waals surface area contributed by atoms with Crippen LogP contribution >= 0.6 is 0 Å². The Balaban J connectivity index is 3.33. The fourth-order valence-corrected chi connectivity index (χ4v) is 1.61. The number of nitrogens with two attached hydrogens (primary N) is 1. The third-order valence-corrected chi connectivity index (χ3v) is 2.42. The van der Waals surface area contributed by atoms with E-state index in [-0.39, 0.29) is 29.8 Å². The van der Waals surface area contributed by atoms with Gasteiger partial charge in [0.2, 0.25) is 0 Å². The number of aliphatic hydroxyl groups excluding tert-OH is 1. The van der Waals surface area contributed by atoms with Gasteiger partial charge in [0, 0.05) is 11.6 Å². The number of carbonyl (C=O) groups excluding carboxylic acids is 1. The number of benzene rings is 1. The third-order valence-electron chi connectivity index (χ3n) is 2.42. The summed E-state index contributed by atoms with van der Waals surface area (Å²) in [4.78, 5) is 16.1. The fourth-order valence-electron chi connectivity index (χ4n) is 1.61. The summed E-state index contributed by atoms with van der Waals surface area (Å²) in [6.45, 7) is 5.54. The maximum Gasteiger partial charge on any atom is 0.345 e. The van der Waals surface area contributed by atoms with Crippen LogP contribution in [0.2, 0.25) is 0 Å². The molecule has 108 valence electrons. The number of aliphatic imine (C=N–C) groups is 1. The predicted molar refractivity (Wildman–Crippen MR) is 79.4 cm³/mol. The second kappa shape index (κ2) is 7.33. The quantitative estimate of drug-likeness (QED) is 0.284. The lowest BCUT2D eigenvalue weighted by molar-refractivity contribution is -0.137. The molecule has 0 radical (unpaired) electrons. The highest BCUT2D eigenvalue weighted by Gasteiger charge is 2.22. The molecule has 0 fully saturated rings. The first-order valence-corrected chi connectivity index (χ1v) is 6.46. The Labute approximate surface area is 118 Å². The lowest BCUT2D eigenvalue weighted by Crippen LogP contribution is -2.26. The molecule has 5 heteroatoms. The lowest BCUT2D eigenvalue weighted by Gasteiger charge is -2.11. The van der Waals surface area contributed by atoms with E-state index < -0.39 is 5.97 Å². The zero-order valence-corrected chi connectivity index (χ0v) is 12.0. The van der Waals surface area contributed by atoms with Crippen molar-refractivity contribution >= 4 is 17.6 Å². The molecule has 0 aliphatic heterocycles. The maximum atomic E-state index is 12.0. The summed E-state index contributed by atoms with van der Waals surface area (Å²) in [5.74, 6) is -0.943. The van der Waals surface area contributed by atoms with E-state index in [0.717, 1.165) is 0 Å². The molecule has 0 saturated carbocycles. The van der Waals surface area contributed by atoms with E-state index in [4.69, 9.17) is 10.5 Å². The Morgan fingerprint density at radius 2 is 1.95 bits per heavy atom. The van der Waals surface area contributed by atoms with Crippen LogP contribution in [0.5, 0.6) is 0 Å². The standard InChI is InChI=1S/C15H20N2O3/c1-4-20-15(19)12(14(16)17-10(2)3)13(18)11-8-6-5-7-9-11/h5-10,18H,4H2,1-3H3,(H2,16,17)/b13-12+. The molecule has 0 heterocycles. The van der Waals surface area contributed by atoms with E-state index in [2.05, 4.69) is 4.99 Å². The SMILES string of the molecule is CCOC(=O)/C(C(N)=NC(C)C)=C(/O)c1ccccc1. The van der Waals surface area contributed by atoms with Gasteiger partial charge in [-0.2, -0.15) is 0 Å². The summed E-state index contributed by atoms with van der Waals surface area (Å²) < 4.78 is 4.93. The van der Waals surface area contributed by atoms with Gasteiger partial charge in [-0.1, -0.05) is 30.3 Å². The molecule has 0 bridgehead atoms. The molecule has 1 aromatic rings. The summed E-state index contributed by atoms with van der Waals surface area (Å²) in [5, 5.41) is 10.3. The van der Waals surface area contributed by atoms with Gasteiger partial charge in [-0.25, -0.2) is 4.79 Å². The van der Waals surface area contributed by atoms with Crippen LogP contribution < -0.4 is 5.73 Å². The summed E-state index contributed by atoms with van der Waals surface area (Å²) in [5.41, 5.74) is 6.20. The minimum atomic E-state index is -0.684. The van der Waals surface area contributed by atoms with E-state index in [1.165, 1.54) is 0 Å². The average Bonchev–Trinajstić information content (AvgIpc) is 2.39. The predicted octanol–water partition coefficient (Wildman–Crippen LogP) is 2.28. The summed E-state index contributed by atoms with van der Waals surface area (Å²) in [6.07, 6.45) is 0. The topological polar surface area (TPSA) is 84.9 Å². The number of hydrogen-bond donors (Lipinski definition) is 2. The monoisotopic (exact) mass is 276 g/mol. The van der Waals surface area contributed by atoms with Gasteiger partial charge in [-0.15, -0.1) is 0 Å². The minimum Gasteiger partial charge on any atom is -0.506 e. The van der Waals surface area contributed by atoms with Gasteiger partial charge in [0.1, 0.15) is 17.2 Å². The Kier molecular flexibility index (Phi) is 5.77. The van der Waals surface area contributed by atoms with Crippen molar-refractivity contribution in [2.45, 2.75) is 26.8 Å². The molecule has 0 aliphatic carbocycles. The number of ether oxygens (including phenoxy) is 1. The van der Waals surface area contributed by atoms with Gasteiger partial charge >= 0.3 is 5.97 Å². The summed E-state index contributed by atoms with van der Waals surface area (Å²) >= 11 is 0. The molecule has 0 aliphatic rings. The average molecular weight is 276 g/mol. The number of esters is 1. The zero-order valence-electron chi connectivity index (χ0n) is 12.0. The number of hydrogen-bond acceptors (Lipinski definition) is 4. The second-order valence-corrected chi connectivity index (χ2v) is 4.42. The molecule has 0 unspecified atom stereocenters. The van der Waals surface area contributed by atoms with Crippen LogP contribution in [-0.4, -0.2) is 29.6 Å². The molecule has 1 rings (SSSR count). The Morgan fingerprint density at radius 1 is 1.35 bits per heavy atom. The molecule has 1 aromatic carbocycles. The van der Waals surface area contributed by atoms with Crippen molar-refractivity contribution in [1.82, 2.24) is 0 Å². The van der Waals surface area contributed by atoms with Gasteiger partial charge in [0.15, 0.2) is 0 Å². The molecule has 5 nitrogen and oxygen atoms in total. The summed E-state index contributed by atoms with van der Waals surface area (Å²) in [6, 6.07) is 8.58. The molecule has 0 atom stereocenters. The third kappa shape index (κ3) is 4.12. The van der Waals surface area contributed by atoms with Crippen molar-refractivity contribution in [1.29, 1.82) is 0 Å². The van der Waals surface area contributed by atoms with Gasteiger partial charge in [-0.05, 0) is 20.8 Å². The maximum absolute atomic E-state index is 12.0. The molecule has 0 amide bonds. The zero-order chi connectivity index (χ0) is 15.1. The fraction of sp³-hybridized carbons (Fsp3) is 0.333. The summed E-state index contributed by atoms with van der Waals surface area (Å²) in [7, 11) is 0. The van der Waals surface area contributed by atoms with Crippen molar-refractivity contribution in [3.63, 3.8) is 0 Å². The van der Waals surface area contributed by atoms with E-state index in [9.17, 15) is 9.90 Å². The number of nitrogens with zero attached hydrogens (tertiary/aromatic N) is 1. The van der Waals surface area contributed by atoms with Crippen LogP contribution in [0.1, 0.15) is 26.3 Å². The molecular weight excluding hydrogens is 256 g/mol.